The van der Waals surface area contributed by atoms with E-state index in [-0.39, 0.29) is 0 Å². The van der Waals surface area contributed by atoms with Crippen molar-refractivity contribution in [3.05, 3.63) is 47.6 Å². The van der Waals surface area contributed by atoms with Crippen LogP contribution in [0.25, 0.3) is 0 Å². The molecule has 1 spiro atoms. The lowest BCUT2D eigenvalue weighted by Crippen LogP contribution is -2.58. The molecule has 0 radical (unpaired) electrons. The molecule has 16 heteroatoms. The number of rotatable bonds is 5. The molecular formula is C21H23F6N3O6S. The van der Waals surface area contributed by atoms with E-state index >= 15 is 0 Å². The SMILES string of the molecule is Cc1cc(CN2CC3(CC(OCc4ccccn4)CS3)C2)no1.O=C(O)C(F)(F)F.O=C(O)C(F)(F)F. The summed E-state index contributed by atoms with van der Waals surface area (Å²) in [5.74, 6) is -3.54. The second-order valence-corrected chi connectivity index (χ2v) is 9.62. The average molecular weight is 559 g/mol. The Morgan fingerprint density at radius 2 is 1.73 bits per heavy atom. The Morgan fingerprint density at radius 3 is 2.19 bits per heavy atom. The van der Waals surface area contributed by atoms with Crippen LogP contribution in [0.5, 0.6) is 0 Å². The van der Waals surface area contributed by atoms with Crippen LogP contribution < -0.4 is 0 Å². The van der Waals surface area contributed by atoms with Gasteiger partial charge < -0.3 is 19.5 Å². The highest BCUT2D eigenvalue weighted by Crippen LogP contribution is 2.46. The quantitative estimate of drug-likeness (QED) is 0.521. The Hall–Kier alpha value is -2.85. The van der Waals surface area contributed by atoms with Crippen molar-refractivity contribution in [2.24, 2.45) is 0 Å². The number of nitrogens with zero attached hydrogens (tertiary/aromatic N) is 3. The Morgan fingerprint density at radius 1 is 1.14 bits per heavy atom. The number of carboxylic acids is 2. The van der Waals surface area contributed by atoms with Crippen LogP contribution in [0.15, 0.2) is 35.0 Å². The monoisotopic (exact) mass is 559 g/mol. The van der Waals surface area contributed by atoms with Crippen LogP contribution in [0.3, 0.4) is 0 Å². The molecule has 0 saturated carbocycles. The molecular weight excluding hydrogens is 536 g/mol. The number of aryl methyl sites for hydroxylation is 1. The van der Waals surface area contributed by atoms with Gasteiger partial charge in [-0.15, -0.1) is 11.8 Å². The number of pyridine rings is 1. The first kappa shape index (κ1) is 30.4. The fraction of sp³-hybridized carbons (Fsp3) is 0.524. The summed E-state index contributed by atoms with van der Waals surface area (Å²) >= 11 is 2.06. The minimum atomic E-state index is -5.08. The van der Waals surface area contributed by atoms with Crippen LogP contribution in [0.4, 0.5) is 26.3 Å². The first-order chi connectivity index (χ1) is 17.1. The van der Waals surface area contributed by atoms with Crippen molar-refractivity contribution >= 4 is 23.7 Å². The van der Waals surface area contributed by atoms with Crippen molar-refractivity contribution in [2.75, 3.05) is 18.8 Å². The number of carbonyl (C=O) groups is 2. The van der Waals surface area contributed by atoms with E-state index in [1.165, 1.54) is 0 Å². The molecule has 2 aromatic heterocycles. The molecule has 2 aliphatic heterocycles. The number of halogens is 6. The molecule has 4 heterocycles. The number of hydrogen-bond acceptors (Lipinski definition) is 8. The number of hydrogen-bond donors (Lipinski definition) is 2. The molecule has 9 nitrogen and oxygen atoms in total. The van der Waals surface area contributed by atoms with E-state index in [0.717, 1.165) is 49.0 Å². The van der Waals surface area contributed by atoms with Gasteiger partial charge in [0.1, 0.15) is 5.76 Å². The van der Waals surface area contributed by atoms with E-state index in [0.29, 0.717) is 17.5 Å². The van der Waals surface area contributed by atoms with Crippen LogP contribution in [0.1, 0.15) is 23.6 Å². The van der Waals surface area contributed by atoms with Gasteiger partial charge in [-0.2, -0.15) is 26.3 Å². The van der Waals surface area contributed by atoms with Gasteiger partial charge in [-0.05, 0) is 25.5 Å². The van der Waals surface area contributed by atoms with Crippen LogP contribution in [-0.2, 0) is 27.5 Å². The summed E-state index contributed by atoms with van der Waals surface area (Å²) in [6, 6.07) is 7.98. The normalized spacial score (nSPS) is 18.7. The molecule has 2 aliphatic rings. The molecule has 2 saturated heterocycles. The largest absolute Gasteiger partial charge is 0.490 e. The van der Waals surface area contributed by atoms with Gasteiger partial charge >= 0.3 is 24.3 Å². The van der Waals surface area contributed by atoms with Crippen molar-refractivity contribution in [3.8, 4) is 0 Å². The summed E-state index contributed by atoms with van der Waals surface area (Å²) in [6.45, 7) is 5.67. The maximum atomic E-state index is 10.6. The zero-order valence-electron chi connectivity index (χ0n) is 19.3. The van der Waals surface area contributed by atoms with Gasteiger partial charge in [0.15, 0.2) is 0 Å². The van der Waals surface area contributed by atoms with Gasteiger partial charge in [-0.1, -0.05) is 11.2 Å². The first-order valence-electron chi connectivity index (χ1n) is 10.5. The maximum absolute atomic E-state index is 10.6. The van der Waals surface area contributed by atoms with Gasteiger partial charge in [-0.3, -0.25) is 9.88 Å². The molecule has 1 unspecified atom stereocenters. The van der Waals surface area contributed by atoms with Crippen LogP contribution >= 0.6 is 11.8 Å². The third kappa shape index (κ3) is 10.2. The van der Waals surface area contributed by atoms with E-state index in [1.54, 1.807) is 0 Å². The molecule has 0 aromatic carbocycles. The van der Waals surface area contributed by atoms with Crippen molar-refractivity contribution in [1.29, 1.82) is 0 Å². The average Bonchev–Trinajstić information content (AvgIpc) is 3.39. The number of likely N-dealkylation sites (tertiary alicyclic amines) is 1. The maximum Gasteiger partial charge on any atom is 0.490 e. The van der Waals surface area contributed by atoms with Crippen molar-refractivity contribution < 1.29 is 55.4 Å². The van der Waals surface area contributed by atoms with E-state index in [9.17, 15) is 26.3 Å². The van der Waals surface area contributed by atoms with Crippen molar-refractivity contribution in [3.63, 3.8) is 0 Å². The fourth-order valence-electron chi connectivity index (χ4n) is 3.42. The first-order valence-corrected chi connectivity index (χ1v) is 11.5. The Bertz CT molecular complexity index is 1000. The molecule has 1 atom stereocenters. The molecule has 2 aromatic rings. The van der Waals surface area contributed by atoms with Crippen LogP contribution in [0, 0.1) is 6.92 Å². The lowest BCUT2D eigenvalue weighted by atomic mass is 9.93. The number of thioether (sulfide) groups is 1. The predicted molar refractivity (Wildman–Crippen MR) is 117 cm³/mol. The second kappa shape index (κ2) is 12.6. The van der Waals surface area contributed by atoms with Crippen molar-refractivity contribution in [1.82, 2.24) is 15.0 Å². The molecule has 2 fully saturated rings. The topological polar surface area (TPSA) is 126 Å². The number of alkyl halides is 6. The summed E-state index contributed by atoms with van der Waals surface area (Å²) in [6.07, 6.45) is -6.86. The van der Waals surface area contributed by atoms with E-state index in [2.05, 4.69) is 26.8 Å². The standard InChI is InChI=1S/C17H21N3O2S.2C2HF3O2/c1-13-6-15(19-22-13)8-20-11-17(12-20)7-16(10-23-17)21-9-14-4-2-3-5-18-14;2*3-2(4,5)1(6)7/h2-6,16H,7-12H2,1H3;2*(H,6,7). The highest BCUT2D eigenvalue weighted by molar-refractivity contribution is 8.01. The lowest BCUT2D eigenvalue weighted by molar-refractivity contribution is -0.193. The van der Waals surface area contributed by atoms with Gasteiger partial charge in [0.25, 0.3) is 0 Å². The molecule has 0 amide bonds. The van der Waals surface area contributed by atoms with Gasteiger partial charge in [-0.25, -0.2) is 9.59 Å². The van der Waals surface area contributed by atoms with Crippen LogP contribution in [-0.4, -0.2) is 79.2 Å². The lowest BCUT2D eigenvalue weighted by Gasteiger charge is -2.47. The zero-order chi connectivity index (χ0) is 27.9. The predicted octanol–water partition coefficient (Wildman–Crippen LogP) is 3.92. The number of ether oxygens (including phenoxy) is 1. The Balaban J connectivity index is 0.000000286. The third-order valence-electron chi connectivity index (χ3n) is 4.94. The summed E-state index contributed by atoms with van der Waals surface area (Å²) < 4.78 is 75.0. The Kier molecular flexibility index (Phi) is 10.3. The molecule has 206 valence electrons. The zero-order valence-corrected chi connectivity index (χ0v) is 20.1. The summed E-state index contributed by atoms with van der Waals surface area (Å²) in [5.41, 5.74) is 2.04. The van der Waals surface area contributed by atoms with Crippen LogP contribution in [0.2, 0.25) is 0 Å². The minimum Gasteiger partial charge on any atom is -0.475 e. The molecule has 37 heavy (non-hydrogen) atoms. The highest BCUT2D eigenvalue weighted by atomic mass is 32.2. The molecule has 4 rings (SSSR count). The number of carboxylic acid groups (broad SMARTS) is 2. The van der Waals surface area contributed by atoms with E-state index < -0.39 is 24.3 Å². The molecule has 2 N–H and O–H groups in total. The van der Waals surface area contributed by atoms with Gasteiger partial charge in [0, 0.05) is 42.4 Å². The number of aromatic nitrogens is 2. The minimum absolute atomic E-state index is 0.346. The summed E-state index contributed by atoms with van der Waals surface area (Å²) in [4.78, 5) is 24.5. The third-order valence-corrected chi connectivity index (χ3v) is 6.51. The highest BCUT2D eigenvalue weighted by Gasteiger charge is 2.49. The van der Waals surface area contributed by atoms with Crippen molar-refractivity contribution in [2.45, 2.75) is 49.7 Å². The number of aliphatic carboxylic acids is 2. The summed E-state index contributed by atoms with van der Waals surface area (Å²) in [5, 5.41) is 18.3. The van der Waals surface area contributed by atoms with Gasteiger partial charge in [0.05, 0.1) is 24.1 Å². The smallest absolute Gasteiger partial charge is 0.475 e. The molecule has 0 bridgehead atoms. The molecule has 0 aliphatic carbocycles. The van der Waals surface area contributed by atoms with E-state index in [4.69, 9.17) is 29.1 Å². The van der Waals surface area contributed by atoms with Gasteiger partial charge in [0.2, 0.25) is 0 Å². The van der Waals surface area contributed by atoms with E-state index in [1.807, 2.05) is 37.4 Å². The fourth-order valence-corrected chi connectivity index (χ4v) is 5.02. The second-order valence-electron chi connectivity index (χ2n) is 8.13. The Labute approximate surface area is 210 Å². The summed E-state index contributed by atoms with van der Waals surface area (Å²) in [7, 11) is 0.